The number of alkyl halides is 3. The van der Waals surface area contributed by atoms with Crippen LogP contribution in [0.4, 0.5) is 13.2 Å². The summed E-state index contributed by atoms with van der Waals surface area (Å²) in [5.41, 5.74) is 0.578. The molecule has 28 heavy (non-hydrogen) atoms. The average molecular weight is 398 g/mol. The van der Waals surface area contributed by atoms with Crippen LogP contribution >= 0.6 is 0 Å². The van der Waals surface area contributed by atoms with Crippen LogP contribution in [0, 0.1) is 0 Å². The van der Waals surface area contributed by atoms with Crippen molar-refractivity contribution >= 4 is 11.8 Å². The van der Waals surface area contributed by atoms with Gasteiger partial charge >= 0.3 is 6.18 Å². The minimum absolute atomic E-state index is 0.234. The third kappa shape index (κ3) is 6.64. The quantitative estimate of drug-likeness (QED) is 0.739. The number of methoxy groups -OCH3 is 1. The fourth-order valence-electron chi connectivity index (χ4n) is 2.68. The lowest BCUT2D eigenvalue weighted by atomic mass is 10.0. The van der Waals surface area contributed by atoms with Gasteiger partial charge in [0.15, 0.2) is 0 Å². The standard InChI is InChI=1S/C19H21F3N2O4/c1-13(25)23-17(14-5-7-15(27-2)8-6-14)10-18(26)24(12-19(20,21)22)11-16-4-3-9-28-16/h3-9,17H,10-12H2,1-2H3,(H,23,25). The van der Waals surface area contributed by atoms with Gasteiger partial charge in [0.1, 0.15) is 18.1 Å². The number of hydrogen-bond donors (Lipinski definition) is 1. The van der Waals surface area contributed by atoms with Gasteiger partial charge in [-0.2, -0.15) is 13.2 Å². The third-order valence-corrected chi connectivity index (χ3v) is 3.92. The summed E-state index contributed by atoms with van der Waals surface area (Å²) in [6.45, 7) is -0.458. The molecule has 0 saturated carbocycles. The lowest BCUT2D eigenvalue weighted by Crippen LogP contribution is -2.40. The first-order chi connectivity index (χ1) is 13.2. The Labute approximate surface area is 160 Å². The van der Waals surface area contributed by atoms with E-state index in [0.29, 0.717) is 16.2 Å². The van der Waals surface area contributed by atoms with Gasteiger partial charge in [0, 0.05) is 6.92 Å². The zero-order valence-electron chi connectivity index (χ0n) is 15.5. The van der Waals surface area contributed by atoms with Crippen molar-refractivity contribution in [2.75, 3.05) is 13.7 Å². The molecule has 0 saturated heterocycles. The maximum Gasteiger partial charge on any atom is 0.406 e. The number of furan rings is 1. The second-order valence-corrected chi connectivity index (χ2v) is 6.17. The van der Waals surface area contributed by atoms with E-state index in [-0.39, 0.29) is 18.7 Å². The van der Waals surface area contributed by atoms with Crippen LogP contribution in [0.25, 0.3) is 0 Å². The Morgan fingerprint density at radius 3 is 2.39 bits per heavy atom. The lowest BCUT2D eigenvalue weighted by Gasteiger charge is -2.26. The molecule has 6 nitrogen and oxygen atoms in total. The van der Waals surface area contributed by atoms with Gasteiger partial charge in [-0.05, 0) is 29.8 Å². The number of benzene rings is 1. The second kappa shape index (κ2) is 9.29. The Balaban J connectivity index is 2.20. The van der Waals surface area contributed by atoms with Crippen molar-refractivity contribution in [2.45, 2.75) is 32.1 Å². The Morgan fingerprint density at radius 2 is 1.89 bits per heavy atom. The van der Waals surface area contributed by atoms with Crippen LogP contribution < -0.4 is 10.1 Å². The monoisotopic (exact) mass is 398 g/mol. The third-order valence-electron chi connectivity index (χ3n) is 3.92. The van der Waals surface area contributed by atoms with E-state index < -0.39 is 30.6 Å². The molecule has 1 aromatic heterocycles. The summed E-state index contributed by atoms with van der Waals surface area (Å²) >= 11 is 0. The van der Waals surface area contributed by atoms with Crippen molar-refractivity contribution in [3.63, 3.8) is 0 Å². The largest absolute Gasteiger partial charge is 0.497 e. The smallest absolute Gasteiger partial charge is 0.406 e. The van der Waals surface area contributed by atoms with Gasteiger partial charge in [-0.1, -0.05) is 12.1 Å². The van der Waals surface area contributed by atoms with E-state index in [1.54, 1.807) is 24.3 Å². The lowest BCUT2D eigenvalue weighted by molar-refractivity contribution is -0.163. The van der Waals surface area contributed by atoms with Crippen molar-refractivity contribution in [3.05, 3.63) is 54.0 Å². The molecule has 0 bridgehead atoms. The van der Waals surface area contributed by atoms with E-state index in [0.717, 1.165) is 0 Å². The fourth-order valence-corrected chi connectivity index (χ4v) is 2.68. The maximum absolute atomic E-state index is 12.9. The molecule has 0 aliphatic heterocycles. The topological polar surface area (TPSA) is 71.8 Å². The first-order valence-electron chi connectivity index (χ1n) is 8.46. The number of rotatable bonds is 8. The Bertz CT molecular complexity index is 773. The minimum Gasteiger partial charge on any atom is -0.497 e. The van der Waals surface area contributed by atoms with E-state index >= 15 is 0 Å². The molecular formula is C19H21F3N2O4. The molecule has 2 amide bonds. The molecule has 0 aliphatic rings. The van der Waals surface area contributed by atoms with E-state index in [4.69, 9.17) is 9.15 Å². The first kappa shape index (κ1) is 21.3. The van der Waals surface area contributed by atoms with E-state index in [1.807, 2.05) is 0 Å². The second-order valence-electron chi connectivity index (χ2n) is 6.17. The molecular weight excluding hydrogens is 377 g/mol. The summed E-state index contributed by atoms with van der Waals surface area (Å²) < 4.78 is 48.9. The number of nitrogens with one attached hydrogen (secondary N) is 1. The van der Waals surface area contributed by atoms with Gasteiger partial charge in [-0.25, -0.2) is 0 Å². The molecule has 2 aromatic rings. The van der Waals surface area contributed by atoms with Crippen LogP contribution in [0.2, 0.25) is 0 Å². The molecule has 0 radical (unpaired) electrons. The molecule has 1 heterocycles. The Kier molecular flexibility index (Phi) is 7.08. The van der Waals surface area contributed by atoms with Gasteiger partial charge in [0.25, 0.3) is 0 Å². The number of carbonyl (C=O) groups excluding carboxylic acids is 2. The van der Waals surface area contributed by atoms with Crippen LogP contribution in [0.15, 0.2) is 47.1 Å². The van der Waals surface area contributed by atoms with Crippen molar-refractivity contribution in [1.82, 2.24) is 10.2 Å². The number of carbonyl (C=O) groups is 2. The molecule has 2 rings (SSSR count). The molecule has 152 valence electrons. The molecule has 1 N–H and O–H groups in total. The van der Waals surface area contributed by atoms with Gasteiger partial charge in [-0.15, -0.1) is 0 Å². The zero-order valence-corrected chi connectivity index (χ0v) is 15.5. The summed E-state index contributed by atoms with van der Waals surface area (Å²) in [6, 6.07) is 8.83. The number of ether oxygens (including phenoxy) is 1. The SMILES string of the molecule is COc1ccc(C(CC(=O)N(Cc2ccco2)CC(F)(F)F)NC(C)=O)cc1. The Morgan fingerprint density at radius 1 is 1.21 bits per heavy atom. The van der Waals surface area contributed by atoms with Crippen molar-refractivity contribution in [3.8, 4) is 5.75 Å². The highest BCUT2D eigenvalue weighted by Gasteiger charge is 2.34. The summed E-state index contributed by atoms with van der Waals surface area (Å²) in [6.07, 6.45) is -3.57. The number of halogens is 3. The van der Waals surface area contributed by atoms with E-state index in [1.165, 1.54) is 32.4 Å². The molecule has 0 aliphatic carbocycles. The van der Waals surface area contributed by atoms with Crippen molar-refractivity contribution < 1.29 is 31.9 Å². The van der Waals surface area contributed by atoms with E-state index in [2.05, 4.69) is 5.32 Å². The highest BCUT2D eigenvalue weighted by molar-refractivity contribution is 5.79. The van der Waals surface area contributed by atoms with Crippen molar-refractivity contribution in [1.29, 1.82) is 0 Å². The number of amides is 2. The van der Waals surface area contributed by atoms with Gasteiger partial charge in [0.05, 0.1) is 32.4 Å². The predicted molar refractivity (Wildman–Crippen MR) is 94.3 cm³/mol. The van der Waals surface area contributed by atoms with Crippen LogP contribution in [0.3, 0.4) is 0 Å². The summed E-state index contributed by atoms with van der Waals surface area (Å²) in [5, 5.41) is 2.61. The van der Waals surface area contributed by atoms with Crippen LogP contribution in [-0.4, -0.2) is 36.5 Å². The highest BCUT2D eigenvalue weighted by atomic mass is 19.4. The summed E-state index contributed by atoms with van der Waals surface area (Å²) in [4.78, 5) is 24.8. The normalized spacial score (nSPS) is 12.3. The van der Waals surface area contributed by atoms with Crippen molar-refractivity contribution in [2.24, 2.45) is 0 Å². The number of hydrogen-bond acceptors (Lipinski definition) is 4. The highest BCUT2D eigenvalue weighted by Crippen LogP contribution is 2.24. The maximum atomic E-state index is 12.9. The summed E-state index contributed by atoms with van der Waals surface area (Å²) in [7, 11) is 1.49. The first-order valence-corrected chi connectivity index (χ1v) is 8.46. The van der Waals surface area contributed by atoms with Gasteiger partial charge < -0.3 is 19.4 Å². The fraction of sp³-hybridized carbons (Fsp3) is 0.368. The number of nitrogens with zero attached hydrogens (tertiary/aromatic N) is 1. The van der Waals surface area contributed by atoms with Crippen LogP contribution in [-0.2, 0) is 16.1 Å². The van der Waals surface area contributed by atoms with Gasteiger partial charge in [0.2, 0.25) is 11.8 Å². The molecule has 1 unspecified atom stereocenters. The molecule has 1 aromatic carbocycles. The predicted octanol–water partition coefficient (Wildman–Crippen LogP) is 3.45. The summed E-state index contributed by atoms with van der Waals surface area (Å²) in [5.74, 6) is -0.350. The molecule has 0 spiro atoms. The van der Waals surface area contributed by atoms with Gasteiger partial charge in [-0.3, -0.25) is 9.59 Å². The minimum atomic E-state index is -4.56. The average Bonchev–Trinajstić information content (AvgIpc) is 3.12. The van der Waals surface area contributed by atoms with E-state index in [9.17, 15) is 22.8 Å². The zero-order chi connectivity index (χ0) is 20.7. The molecule has 1 atom stereocenters. The molecule has 9 heteroatoms. The molecule has 0 fully saturated rings. The van der Waals surface area contributed by atoms with Crippen LogP contribution in [0.5, 0.6) is 5.75 Å². The Hall–Kier alpha value is -2.97. The van der Waals surface area contributed by atoms with Crippen LogP contribution in [0.1, 0.15) is 30.7 Å².